The number of hydrazone groups is 1. The van der Waals surface area contributed by atoms with Gasteiger partial charge in [-0.3, -0.25) is 4.79 Å². The van der Waals surface area contributed by atoms with Crippen LogP contribution < -0.4 is 10.2 Å². The summed E-state index contributed by atoms with van der Waals surface area (Å²) >= 11 is 11.9. The van der Waals surface area contributed by atoms with Crippen LogP contribution in [0.15, 0.2) is 77.9 Å². The van der Waals surface area contributed by atoms with Crippen molar-refractivity contribution in [2.45, 2.75) is 12.8 Å². The molecule has 0 saturated carbocycles. The predicted molar refractivity (Wildman–Crippen MR) is 119 cm³/mol. The minimum Gasteiger partial charge on any atom is -0.492 e. The maximum absolute atomic E-state index is 11.9. The van der Waals surface area contributed by atoms with E-state index in [2.05, 4.69) is 22.7 Å². The van der Waals surface area contributed by atoms with Gasteiger partial charge in [-0.15, -0.1) is 0 Å². The number of carbonyl (C=O) groups is 1. The Morgan fingerprint density at radius 1 is 0.966 bits per heavy atom. The van der Waals surface area contributed by atoms with Crippen LogP contribution in [0.3, 0.4) is 0 Å². The topological polar surface area (TPSA) is 50.7 Å². The minimum absolute atomic E-state index is 0.173. The first-order valence-corrected chi connectivity index (χ1v) is 9.92. The minimum atomic E-state index is -0.173. The molecule has 0 atom stereocenters. The van der Waals surface area contributed by atoms with Gasteiger partial charge in [-0.05, 0) is 41.3 Å². The Balaban J connectivity index is 1.39. The molecule has 0 aromatic heterocycles. The number of amides is 1. The Morgan fingerprint density at radius 2 is 1.69 bits per heavy atom. The molecule has 0 heterocycles. The van der Waals surface area contributed by atoms with Gasteiger partial charge in [0.15, 0.2) is 0 Å². The second-order valence-electron chi connectivity index (χ2n) is 6.31. The lowest BCUT2D eigenvalue weighted by Gasteiger charge is -2.07. The SMILES string of the molecule is O=C(CCCOc1ccc(Cl)cc1Cl)N/N=C/c1ccc(-c2ccccc2)cc1. The van der Waals surface area contributed by atoms with E-state index in [-0.39, 0.29) is 5.91 Å². The molecule has 1 N–H and O–H groups in total. The van der Waals surface area contributed by atoms with E-state index in [0.717, 1.165) is 16.7 Å². The zero-order valence-corrected chi connectivity index (χ0v) is 17.2. The van der Waals surface area contributed by atoms with Gasteiger partial charge in [-0.25, -0.2) is 5.43 Å². The van der Waals surface area contributed by atoms with Gasteiger partial charge in [0.05, 0.1) is 17.8 Å². The fourth-order valence-corrected chi connectivity index (χ4v) is 3.10. The average molecular weight is 427 g/mol. The molecular formula is C23H20Cl2N2O2. The molecule has 6 heteroatoms. The van der Waals surface area contributed by atoms with Gasteiger partial charge in [0, 0.05) is 11.4 Å². The first kappa shape index (κ1) is 20.9. The van der Waals surface area contributed by atoms with Gasteiger partial charge >= 0.3 is 0 Å². The quantitative estimate of drug-likeness (QED) is 0.274. The highest BCUT2D eigenvalue weighted by Crippen LogP contribution is 2.27. The number of ether oxygens (including phenoxy) is 1. The lowest BCUT2D eigenvalue weighted by atomic mass is 10.0. The van der Waals surface area contributed by atoms with Crippen LogP contribution in [-0.4, -0.2) is 18.7 Å². The number of nitrogens with zero attached hydrogens (tertiary/aromatic N) is 1. The van der Waals surface area contributed by atoms with Crippen molar-refractivity contribution in [2.24, 2.45) is 5.10 Å². The largest absolute Gasteiger partial charge is 0.492 e. The Morgan fingerprint density at radius 3 is 2.41 bits per heavy atom. The maximum atomic E-state index is 11.9. The van der Waals surface area contributed by atoms with Crippen molar-refractivity contribution >= 4 is 35.3 Å². The summed E-state index contributed by atoms with van der Waals surface area (Å²) in [5, 5.41) is 5.00. The number of hydrogen-bond donors (Lipinski definition) is 1. The molecule has 0 unspecified atom stereocenters. The molecule has 0 aliphatic rings. The van der Waals surface area contributed by atoms with E-state index in [1.807, 2.05) is 42.5 Å². The number of benzene rings is 3. The zero-order valence-electron chi connectivity index (χ0n) is 15.6. The molecule has 0 spiro atoms. The summed E-state index contributed by atoms with van der Waals surface area (Å²) in [6.07, 6.45) is 2.47. The highest BCUT2D eigenvalue weighted by Gasteiger charge is 2.04. The van der Waals surface area contributed by atoms with E-state index in [4.69, 9.17) is 27.9 Å². The van der Waals surface area contributed by atoms with Crippen LogP contribution in [0.4, 0.5) is 0 Å². The summed E-state index contributed by atoms with van der Waals surface area (Å²) in [7, 11) is 0. The van der Waals surface area contributed by atoms with Crippen molar-refractivity contribution in [3.63, 3.8) is 0 Å². The number of halogens is 2. The monoisotopic (exact) mass is 426 g/mol. The number of nitrogens with one attached hydrogen (secondary N) is 1. The number of rotatable bonds is 8. The molecule has 148 valence electrons. The smallest absolute Gasteiger partial charge is 0.240 e. The van der Waals surface area contributed by atoms with E-state index in [0.29, 0.717) is 35.2 Å². The number of carbonyl (C=O) groups excluding carboxylic acids is 1. The van der Waals surface area contributed by atoms with Crippen LogP contribution in [0.25, 0.3) is 11.1 Å². The van der Waals surface area contributed by atoms with Gasteiger partial charge in [-0.2, -0.15) is 5.10 Å². The molecule has 1 amide bonds. The van der Waals surface area contributed by atoms with Gasteiger partial charge in [0.2, 0.25) is 5.91 Å². The van der Waals surface area contributed by atoms with Crippen molar-refractivity contribution in [3.8, 4) is 16.9 Å². The summed E-state index contributed by atoms with van der Waals surface area (Å²) < 4.78 is 5.55. The molecule has 29 heavy (non-hydrogen) atoms. The molecule has 0 radical (unpaired) electrons. The van der Waals surface area contributed by atoms with E-state index < -0.39 is 0 Å². The summed E-state index contributed by atoms with van der Waals surface area (Å²) in [5.41, 5.74) is 5.73. The molecule has 3 aromatic rings. The first-order chi connectivity index (χ1) is 14.1. The van der Waals surface area contributed by atoms with Crippen molar-refractivity contribution < 1.29 is 9.53 Å². The third-order valence-corrected chi connectivity index (χ3v) is 4.65. The third kappa shape index (κ3) is 6.63. The Hall–Kier alpha value is -2.82. The zero-order chi connectivity index (χ0) is 20.5. The van der Waals surface area contributed by atoms with Crippen LogP contribution in [0.5, 0.6) is 5.75 Å². The highest BCUT2D eigenvalue weighted by molar-refractivity contribution is 6.35. The van der Waals surface area contributed by atoms with Crippen LogP contribution in [0.1, 0.15) is 18.4 Å². The fraction of sp³-hybridized carbons (Fsp3) is 0.130. The summed E-state index contributed by atoms with van der Waals surface area (Å²) in [5.74, 6) is 0.376. The van der Waals surface area contributed by atoms with Gasteiger partial charge in [0.1, 0.15) is 5.75 Å². The standard InChI is InChI=1S/C23H20Cl2N2O2/c24-20-12-13-22(21(25)15-20)29-14-4-7-23(28)27-26-16-17-8-10-19(11-9-17)18-5-2-1-3-6-18/h1-3,5-6,8-13,15-16H,4,7,14H2,(H,27,28)/b26-16+. The molecule has 4 nitrogen and oxygen atoms in total. The van der Waals surface area contributed by atoms with Crippen molar-refractivity contribution in [2.75, 3.05) is 6.61 Å². The van der Waals surface area contributed by atoms with Crippen LogP contribution in [-0.2, 0) is 4.79 Å². The van der Waals surface area contributed by atoms with Gasteiger partial charge in [0.25, 0.3) is 0 Å². The second kappa shape index (κ2) is 10.6. The Labute approximate surface area is 180 Å². The first-order valence-electron chi connectivity index (χ1n) is 9.17. The molecule has 0 fully saturated rings. The molecule has 0 bridgehead atoms. The maximum Gasteiger partial charge on any atom is 0.240 e. The summed E-state index contributed by atoms with van der Waals surface area (Å²) in [6.45, 7) is 0.374. The van der Waals surface area contributed by atoms with Crippen molar-refractivity contribution in [3.05, 3.63) is 88.4 Å². The van der Waals surface area contributed by atoms with E-state index in [1.54, 1.807) is 24.4 Å². The molecule has 0 aliphatic heterocycles. The van der Waals surface area contributed by atoms with E-state index >= 15 is 0 Å². The fourth-order valence-electron chi connectivity index (χ4n) is 2.63. The lowest BCUT2D eigenvalue weighted by Crippen LogP contribution is -2.18. The van der Waals surface area contributed by atoms with Crippen LogP contribution in [0.2, 0.25) is 10.0 Å². The van der Waals surface area contributed by atoms with Crippen molar-refractivity contribution in [1.82, 2.24) is 5.43 Å². The molecule has 0 saturated heterocycles. The van der Waals surface area contributed by atoms with Crippen LogP contribution >= 0.6 is 23.2 Å². The summed E-state index contributed by atoms with van der Waals surface area (Å²) in [6, 6.07) is 23.1. The average Bonchev–Trinajstić information content (AvgIpc) is 2.73. The molecule has 3 aromatic carbocycles. The Kier molecular flexibility index (Phi) is 7.68. The van der Waals surface area contributed by atoms with Crippen LogP contribution in [0, 0.1) is 0 Å². The lowest BCUT2D eigenvalue weighted by molar-refractivity contribution is -0.121. The normalized spacial score (nSPS) is 10.8. The van der Waals surface area contributed by atoms with Crippen molar-refractivity contribution in [1.29, 1.82) is 0 Å². The van der Waals surface area contributed by atoms with E-state index in [1.165, 1.54) is 0 Å². The highest BCUT2D eigenvalue weighted by atomic mass is 35.5. The van der Waals surface area contributed by atoms with Gasteiger partial charge in [-0.1, -0.05) is 77.8 Å². The number of hydrogen-bond acceptors (Lipinski definition) is 3. The summed E-state index contributed by atoms with van der Waals surface area (Å²) in [4.78, 5) is 11.9. The predicted octanol–water partition coefficient (Wildman–Crippen LogP) is 5.97. The second-order valence-corrected chi connectivity index (χ2v) is 7.15. The molecule has 0 aliphatic carbocycles. The Bertz CT molecular complexity index is 974. The van der Waals surface area contributed by atoms with E-state index in [9.17, 15) is 4.79 Å². The van der Waals surface area contributed by atoms with Gasteiger partial charge < -0.3 is 4.74 Å². The third-order valence-electron chi connectivity index (χ3n) is 4.12. The molecular weight excluding hydrogens is 407 g/mol. The molecule has 3 rings (SSSR count).